The summed E-state index contributed by atoms with van der Waals surface area (Å²) >= 11 is 5.83. The van der Waals surface area contributed by atoms with Crippen molar-refractivity contribution in [3.63, 3.8) is 0 Å². The molecule has 0 fully saturated rings. The zero-order valence-corrected chi connectivity index (χ0v) is 13.3. The summed E-state index contributed by atoms with van der Waals surface area (Å²) in [6, 6.07) is 4.51. The van der Waals surface area contributed by atoms with Crippen molar-refractivity contribution in [2.75, 3.05) is 33.7 Å². The average molecular weight is 324 g/mol. The van der Waals surface area contributed by atoms with Gasteiger partial charge in [-0.1, -0.05) is 11.6 Å². The van der Waals surface area contributed by atoms with E-state index in [1.165, 1.54) is 12.1 Å². The molecule has 0 bridgehead atoms. The van der Waals surface area contributed by atoms with Crippen LogP contribution in [-0.2, 0) is 4.79 Å². The van der Waals surface area contributed by atoms with Crippen LogP contribution in [0.5, 0.6) is 0 Å². The van der Waals surface area contributed by atoms with Gasteiger partial charge in [-0.2, -0.15) is 0 Å². The number of nitrogens with zero attached hydrogens (tertiary/aromatic N) is 2. The van der Waals surface area contributed by atoms with Crippen LogP contribution >= 0.6 is 11.6 Å². The number of hydrogen-bond acceptors (Lipinski definition) is 4. The minimum atomic E-state index is -0.481. The first-order valence-corrected chi connectivity index (χ1v) is 7.35. The highest BCUT2D eigenvalue weighted by atomic mass is 35.5. The summed E-state index contributed by atoms with van der Waals surface area (Å²) in [5.41, 5.74) is 0.535. The minimum Gasteiger partial charge on any atom is -0.354 e. The molecule has 0 aliphatic carbocycles. The molecule has 1 aromatic rings. The van der Waals surface area contributed by atoms with Crippen LogP contribution in [0.4, 0.5) is 0 Å². The molecule has 7 heteroatoms. The van der Waals surface area contributed by atoms with Crippen LogP contribution in [0.15, 0.2) is 18.2 Å². The summed E-state index contributed by atoms with van der Waals surface area (Å²) in [7, 11) is 3.90. The van der Waals surface area contributed by atoms with E-state index in [-0.39, 0.29) is 23.6 Å². The maximum absolute atomic E-state index is 12.2. The Hall–Kier alpha value is -1.92. The normalized spacial score (nSPS) is 13.7. The number of benzene rings is 1. The third-order valence-electron chi connectivity index (χ3n) is 3.34. The van der Waals surface area contributed by atoms with Gasteiger partial charge in [0, 0.05) is 11.6 Å². The number of carbonyl (C=O) groups excluding carboxylic acids is 3. The van der Waals surface area contributed by atoms with E-state index in [0.29, 0.717) is 11.6 Å². The Bertz CT molecular complexity index is 616. The first-order valence-electron chi connectivity index (χ1n) is 6.97. The molecule has 0 saturated carbocycles. The number of halogens is 1. The van der Waals surface area contributed by atoms with Crippen molar-refractivity contribution < 1.29 is 14.4 Å². The SMILES string of the molecule is CN(C)CCCNC(=O)CN1C(=O)c2ccc(Cl)cc2C1=O. The van der Waals surface area contributed by atoms with Crippen LogP contribution in [0, 0.1) is 0 Å². The van der Waals surface area contributed by atoms with E-state index in [1.807, 2.05) is 19.0 Å². The third kappa shape index (κ3) is 3.64. The van der Waals surface area contributed by atoms with Crippen LogP contribution in [0.1, 0.15) is 27.1 Å². The summed E-state index contributed by atoms with van der Waals surface area (Å²) in [5.74, 6) is -1.29. The van der Waals surface area contributed by atoms with Crippen LogP contribution in [0.3, 0.4) is 0 Å². The van der Waals surface area contributed by atoms with E-state index in [2.05, 4.69) is 5.32 Å². The molecule has 1 aliphatic heterocycles. The molecule has 6 nitrogen and oxygen atoms in total. The lowest BCUT2D eigenvalue weighted by Gasteiger charge is -2.14. The fourth-order valence-electron chi connectivity index (χ4n) is 2.23. The Kier molecular flexibility index (Phi) is 5.15. The van der Waals surface area contributed by atoms with Crippen LogP contribution in [0.25, 0.3) is 0 Å². The van der Waals surface area contributed by atoms with Gasteiger partial charge in [0.1, 0.15) is 6.54 Å². The van der Waals surface area contributed by atoms with E-state index < -0.39 is 11.8 Å². The topological polar surface area (TPSA) is 69.7 Å². The van der Waals surface area contributed by atoms with Gasteiger partial charge in [0.15, 0.2) is 0 Å². The second-order valence-electron chi connectivity index (χ2n) is 5.39. The number of imide groups is 1. The third-order valence-corrected chi connectivity index (χ3v) is 3.57. The minimum absolute atomic E-state index is 0.248. The molecule has 2 rings (SSSR count). The maximum atomic E-state index is 12.2. The van der Waals surface area contributed by atoms with Crippen molar-refractivity contribution in [2.45, 2.75) is 6.42 Å². The molecule has 118 valence electrons. The van der Waals surface area contributed by atoms with Crippen LogP contribution < -0.4 is 5.32 Å². The maximum Gasteiger partial charge on any atom is 0.262 e. The van der Waals surface area contributed by atoms with E-state index in [9.17, 15) is 14.4 Å². The standard InChI is InChI=1S/C15H18ClN3O3/c1-18(2)7-3-6-17-13(20)9-19-14(21)11-5-4-10(16)8-12(11)15(19)22/h4-5,8H,3,6-7,9H2,1-2H3,(H,17,20). The summed E-state index contributed by atoms with van der Waals surface area (Å²) < 4.78 is 0. The molecule has 0 aromatic heterocycles. The largest absolute Gasteiger partial charge is 0.354 e. The molecular weight excluding hydrogens is 306 g/mol. The summed E-state index contributed by atoms with van der Waals surface area (Å²) in [4.78, 5) is 39.1. The van der Waals surface area contributed by atoms with Gasteiger partial charge >= 0.3 is 0 Å². The number of carbonyl (C=O) groups is 3. The Morgan fingerprint density at radius 2 is 1.91 bits per heavy atom. The number of fused-ring (bicyclic) bond motifs is 1. The lowest BCUT2D eigenvalue weighted by atomic mass is 10.1. The zero-order valence-electron chi connectivity index (χ0n) is 12.6. The summed E-state index contributed by atoms with van der Waals surface area (Å²) in [5, 5.41) is 3.09. The Balaban J connectivity index is 1.93. The second-order valence-corrected chi connectivity index (χ2v) is 5.83. The van der Waals surface area contributed by atoms with E-state index in [0.717, 1.165) is 17.9 Å². The predicted molar refractivity (Wildman–Crippen MR) is 83.0 cm³/mol. The monoisotopic (exact) mass is 323 g/mol. The zero-order chi connectivity index (χ0) is 16.3. The Labute approximate surface area is 134 Å². The number of hydrogen-bond donors (Lipinski definition) is 1. The Morgan fingerprint density at radius 3 is 2.59 bits per heavy atom. The molecule has 0 spiro atoms. The van der Waals surface area contributed by atoms with Gasteiger partial charge in [0.25, 0.3) is 11.8 Å². The molecule has 0 unspecified atom stereocenters. The Morgan fingerprint density at radius 1 is 1.23 bits per heavy atom. The van der Waals surface area contributed by atoms with Gasteiger partial charge in [-0.25, -0.2) is 0 Å². The van der Waals surface area contributed by atoms with E-state index >= 15 is 0 Å². The molecular formula is C15H18ClN3O3. The predicted octanol–water partition coefficient (Wildman–Crippen LogP) is 1.00. The average Bonchev–Trinajstić information content (AvgIpc) is 2.68. The molecule has 0 saturated heterocycles. The quantitative estimate of drug-likeness (QED) is 0.626. The summed E-state index contributed by atoms with van der Waals surface area (Å²) in [6.07, 6.45) is 0.802. The molecule has 0 radical (unpaired) electrons. The molecule has 0 atom stereocenters. The fourth-order valence-corrected chi connectivity index (χ4v) is 2.40. The fraction of sp³-hybridized carbons (Fsp3) is 0.400. The molecule has 1 heterocycles. The summed E-state index contributed by atoms with van der Waals surface area (Å²) in [6.45, 7) is 1.09. The van der Waals surface area contributed by atoms with Crippen LogP contribution in [0.2, 0.25) is 5.02 Å². The lowest BCUT2D eigenvalue weighted by molar-refractivity contribution is -0.121. The smallest absolute Gasteiger partial charge is 0.262 e. The van der Waals surface area contributed by atoms with Crippen molar-refractivity contribution in [3.8, 4) is 0 Å². The van der Waals surface area contributed by atoms with Crippen molar-refractivity contribution in [2.24, 2.45) is 0 Å². The molecule has 1 aromatic carbocycles. The van der Waals surface area contributed by atoms with Crippen molar-refractivity contribution >= 4 is 29.3 Å². The second kappa shape index (κ2) is 6.89. The first kappa shape index (κ1) is 16.5. The van der Waals surface area contributed by atoms with Gasteiger partial charge in [-0.3, -0.25) is 19.3 Å². The van der Waals surface area contributed by atoms with Gasteiger partial charge in [0.2, 0.25) is 5.91 Å². The number of amides is 3. The highest BCUT2D eigenvalue weighted by molar-refractivity contribution is 6.32. The van der Waals surface area contributed by atoms with Crippen LogP contribution in [-0.4, -0.2) is 61.3 Å². The van der Waals surface area contributed by atoms with Gasteiger partial charge in [0.05, 0.1) is 11.1 Å². The first-order chi connectivity index (χ1) is 10.4. The molecule has 22 heavy (non-hydrogen) atoms. The van der Waals surface area contributed by atoms with E-state index in [4.69, 9.17) is 11.6 Å². The van der Waals surface area contributed by atoms with Crippen molar-refractivity contribution in [3.05, 3.63) is 34.3 Å². The van der Waals surface area contributed by atoms with Gasteiger partial charge < -0.3 is 10.2 Å². The number of rotatable bonds is 6. The van der Waals surface area contributed by atoms with Gasteiger partial charge in [-0.05, 0) is 45.3 Å². The molecule has 1 N–H and O–H groups in total. The van der Waals surface area contributed by atoms with Crippen molar-refractivity contribution in [1.29, 1.82) is 0 Å². The molecule has 1 aliphatic rings. The highest BCUT2D eigenvalue weighted by Crippen LogP contribution is 2.25. The van der Waals surface area contributed by atoms with Gasteiger partial charge in [-0.15, -0.1) is 0 Å². The van der Waals surface area contributed by atoms with E-state index in [1.54, 1.807) is 6.07 Å². The number of nitrogens with one attached hydrogen (secondary N) is 1. The highest BCUT2D eigenvalue weighted by Gasteiger charge is 2.36. The molecule has 3 amide bonds. The lowest BCUT2D eigenvalue weighted by Crippen LogP contribution is -2.40. The van der Waals surface area contributed by atoms with Crippen molar-refractivity contribution in [1.82, 2.24) is 15.1 Å².